The van der Waals surface area contributed by atoms with E-state index in [-0.39, 0.29) is 17.7 Å². The monoisotopic (exact) mass is 299 g/mol. The van der Waals surface area contributed by atoms with Gasteiger partial charge in [0, 0.05) is 11.6 Å². The Morgan fingerprint density at radius 1 is 1.43 bits per heavy atom. The second kappa shape index (κ2) is 6.76. The molecule has 1 aromatic rings. The van der Waals surface area contributed by atoms with Crippen molar-refractivity contribution < 1.29 is 24.1 Å². The predicted molar refractivity (Wildman–Crippen MR) is 76.9 cm³/mol. The zero-order valence-electron chi connectivity index (χ0n) is 12.7. The minimum atomic E-state index is -1.17. The van der Waals surface area contributed by atoms with Gasteiger partial charge in [0.25, 0.3) is 0 Å². The van der Waals surface area contributed by atoms with Crippen molar-refractivity contribution in [2.75, 3.05) is 7.11 Å². The van der Waals surface area contributed by atoms with Crippen LogP contribution in [0.5, 0.6) is 5.75 Å². The average Bonchev–Trinajstić information content (AvgIpc) is 2.36. The minimum Gasteiger partial charge on any atom is -0.494 e. The fraction of sp³-hybridized carbons (Fsp3) is 0.533. The van der Waals surface area contributed by atoms with Gasteiger partial charge in [0.15, 0.2) is 11.6 Å². The van der Waals surface area contributed by atoms with Crippen LogP contribution in [0.4, 0.5) is 9.18 Å². The number of ether oxygens (including phenoxy) is 1. The normalized spacial score (nSPS) is 14.4. The van der Waals surface area contributed by atoms with Gasteiger partial charge in [-0.1, -0.05) is 32.9 Å². The summed E-state index contributed by atoms with van der Waals surface area (Å²) in [5.74, 6) is -0.583. The van der Waals surface area contributed by atoms with Crippen molar-refractivity contribution in [3.8, 4) is 5.75 Å². The molecular formula is C15H22FNO4. The van der Waals surface area contributed by atoms with Crippen molar-refractivity contribution in [3.63, 3.8) is 0 Å². The maximum Gasteiger partial charge on any atom is 0.404 e. The Balaban J connectivity index is 2.97. The second-order valence-electron chi connectivity index (χ2n) is 5.98. The van der Waals surface area contributed by atoms with Crippen molar-refractivity contribution in [1.29, 1.82) is 0 Å². The van der Waals surface area contributed by atoms with E-state index < -0.39 is 29.5 Å². The van der Waals surface area contributed by atoms with Crippen molar-refractivity contribution in [1.82, 2.24) is 5.32 Å². The summed E-state index contributed by atoms with van der Waals surface area (Å²) in [6, 6.07) is 3.98. The summed E-state index contributed by atoms with van der Waals surface area (Å²) in [6.07, 6.45) is -2.23. The van der Waals surface area contributed by atoms with E-state index >= 15 is 0 Å². The van der Waals surface area contributed by atoms with Crippen molar-refractivity contribution >= 4 is 6.09 Å². The molecular weight excluding hydrogens is 277 g/mol. The Morgan fingerprint density at radius 3 is 2.52 bits per heavy atom. The second-order valence-corrected chi connectivity index (χ2v) is 5.98. The van der Waals surface area contributed by atoms with Crippen LogP contribution >= 0.6 is 0 Å². The van der Waals surface area contributed by atoms with Crippen LogP contribution in [0.15, 0.2) is 18.2 Å². The van der Waals surface area contributed by atoms with Gasteiger partial charge in [-0.25, -0.2) is 9.18 Å². The molecule has 3 N–H and O–H groups in total. The number of hydrogen-bond acceptors (Lipinski definition) is 3. The molecule has 6 heteroatoms. The molecule has 2 atom stereocenters. The molecule has 0 bridgehead atoms. The molecule has 0 fully saturated rings. The quantitative estimate of drug-likeness (QED) is 0.781. The predicted octanol–water partition coefficient (Wildman–Crippen LogP) is 2.94. The van der Waals surface area contributed by atoms with Crippen LogP contribution in [0.3, 0.4) is 0 Å². The molecule has 0 heterocycles. The summed E-state index contributed by atoms with van der Waals surface area (Å²) < 4.78 is 19.0. The first-order valence-electron chi connectivity index (χ1n) is 6.66. The minimum absolute atomic E-state index is 0.0463. The molecule has 1 rings (SSSR count). The molecule has 0 saturated carbocycles. The first kappa shape index (κ1) is 17.2. The van der Waals surface area contributed by atoms with Crippen molar-refractivity contribution in [3.05, 3.63) is 29.6 Å². The number of halogens is 1. The zero-order valence-corrected chi connectivity index (χ0v) is 12.7. The summed E-state index contributed by atoms with van der Waals surface area (Å²) in [5.41, 5.74) is -0.315. The fourth-order valence-corrected chi connectivity index (χ4v) is 2.07. The van der Waals surface area contributed by atoms with Gasteiger partial charge in [-0.2, -0.15) is 0 Å². The van der Waals surface area contributed by atoms with E-state index in [0.29, 0.717) is 0 Å². The number of amides is 1. The number of carboxylic acid groups (broad SMARTS) is 1. The number of methoxy groups -OCH3 is 1. The van der Waals surface area contributed by atoms with Crippen LogP contribution < -0.4 is 10.1 Å². The molecule has 0 radical (unpaired) electrons. The fourth-order valence-electron chi connectivity index (χ4n) is 2.07. The lowest BCUT2D eigenvalue weighted by Gasteiger charge is -2.32. The van der Waals surface area contributed by atoms with Crippen LogP contribution in [-0.4, -0.2) is 29.5 Å². The van der Waals surface area contributed by atoms with E-state index in [1.165, 1.54) is 19.2 Å². The number of aliphatic hydroxyl groups is 1. The Kier molecular flexibility index (Phi) is 5.54. The van der Waals surface area contributed by atoms with Crippen LogP contribution in [0.1, 0.15) is 38.9 Å². The summed E-state index contributed by atoms with van der Waals surface area (Å²) in [6.45, 7) is 5.55. The number of rotatable bonds is 5. The zero-order chi connectivity index (χ0) is 16.2. The summed E-state index contributed by atoms with van der Waals surface area (Å²) in [5, 5.41) is 21.5. The highest BCUT2D eigenvalue weighted by atomic mass is 19.1. The van der Waals surface area contributed by atoms with E-state index in [0.717, 1.165) is 0 Å². The standard InChI is InChI=1S/C15H22FNO4/c1-15(2,3)12(17-14(19)20)8-10(18)9-6-5-7-11(21-4)13(9)16/h5-7,10,12,17-18H,8H2,1-4H3,(H,19,20). The molecule has 0 aliphatic rings. The van der Waals surface area contributed by atoms with E-state index in [1.54, 1.807) is 6.07 Å². The molecule has 2 unspecified atom stereocenters. The van der Waals surface area contributed by atoms with E-state index in [2.05, 4.69) is 5.32 Å². The van der Waals surface area contributed by atoms with E-state index in [9.17, 15) is 14.3 Å². The Labute approximate surface area is 123 Å². The molecule has 21 heavy (non-hydrogen) atoms. The topological polar surface area (TPSA) is 78.8 Å². The smallest absolute Gasteiger partial charge is 0.404 e. The van der Waals surface area contributed by atoms with Gasteiger partial charge in [0.1, 0.15) is 0 Å². The molecule has 1 amide bonds. The first-order valence-corrected chi connectivity index (χ1v) is 6.66. The molecule has 5 nitrogen and oxygen atoms in total. The molecule has 0 aliphatic carbocycles. The first-order chi connectivity index (χ1) is 9.66. The Bertz CT molecular complexity index is 499. The van der Waals surface area contributed by atoms with Crippen LogP contribution in [0.2, 0.25) is 0 Å². The van der Waals surface area contributed by atoms with E-state index in [1.807, 2.05) is 20.8 Å². The van der Waals surface area contributed by atoms with Crippen LogP contribution in [-0.2, 0) is 0 Å². The Morgan fingerprint density at radius 2 is 2.05 bits per heavy atom. The SMILES string of the molecule is COc1cccc(C(O)CC(NC(=O)O)C(C)(C)C)c1F. The lowest BCUT2D eigenvalue weighted by Crippen LogP contribution is -2.44. The molecule has 0 aromatic heterocycles. The van der Waals surface area contributed by atoms with Gasteiger partial charge in [0.05, 0.1) is 13.2 Å². The van der Waals surface area contributed by atoms with Gasteiger partial charge >= 0.3 is 6.09 Å². The number of carbonyl (C=O) groups is 1. The maximum absolute atomic E-state index is 14.1. The van der Waals surface area contributed by atoms with Crippen molar-refractivity contribution in [2.24, 2.45) is 5.41 Å². The van der Waals surface area contributed by atoms with E-state index in [4.69, 9.17) is 9.84 Å². The third-order valence-electron chi connectivity index (χ3n) is 3.37. The van der Waals surface area contributed by atoms with Gasteiger partial charge in [-0.15, -0.1) is 0 Å². The van der Waals surface area contributed by atoms with Gasteiger partial charge in [0.2, 0.25) is 0 Å². The summed E-state index contributed by atoms with van der Waals surface area (Å²) in [4.78, 5) is 10.9. The number of aliphatic hydroxyl groups excluding tert-OH is 1. The van der Waals surface area contributed by atoms with Crippen molar-refractivity contribution in [2.45, 2.75) is 39.3 Å². The summed E-state index contributed by atoms with van der Waals surface area (Å²) >= 11 is 0. The molecule has 1 aromatic carbocycles. The van der Waals surface area contributed by atoms with Gasteiger partial charge < -0.3 is 20.3 Å². The molecule has 0 aliphatic heterocycles. The summed E-state index contributed by atoms with van der Waals surface area (Å²) in [7, 11) is 1.35. The van der Waals surface area contributed by atoms with Gasteiger partial charge in [-0.3, -0.25) is 0 Å². The maximum atomic E-state index is 14.1. The lowest BCUT2D eigenvalue weighted by molar-refractivity contribution is 0.111. The Hall–Kier alpha value is -1.82. The van der Waals surface area contributed by atoms with Gasteiger partial charge in [-0.05, 0) is 17.9 Å². The highest BCUT2D eigenvalue weighted by Gasteiger charge is 2.30. The largest absolute Gasteiger partial charge is 0.494 e. The average molecular weight is 299 g/mol. The highest BCUT2D eigenvalue weighted by molar-refractivity contribution is 5.65. The third kappa shape index (κ3) is 4.60. The highest BCUT2D eigenvalue weighted by Crippen LogP contribution is 2.31. The van der Waals surface area contributed by atoms with Crippen LogP contribution in [0.25, 0.3) is 0 Å². The number of benzene rings is 1. The molecule has 0 spiro atoms. The van der Waals surface area contributed by atoms with Crippen LogP contribution in [0, 0.1) is 11.2 Å². The molecule has 118 valence electrons. The molecule has 0 saturated heterocycles. The number of nitrogens with one attached hydrogen (secondary N) is 1. The third-order valence-corrected chi connectivity index (χ3v) is 3.37. The lowest BCUT2D eigenvalue weighted by atomic mass is 9.82. The number of hydrogen-bond donors (Lipinski definition) is 3.